The van der Waals surface area contributed by atoms with Gasteiger partial charge in [0.15, 0.2) is 17.5 Å². The second-order valence-corrected chi connectivity index (χ2v) is 6.47. The third-order valence-electron chi connectivity index (χ3n) is 3.21. The molecule has 0 aliphatic carbocycles. The summed E-state index contributed by atoms with van der Waals surface area (Å²) in [5.74, 6) is -1.70. The van der Waals surface area contributed by atoms with E-state index in [9.17, 15) is 9.67 Å². The molecule has 22 heavy (non-hydrogen) atoms. The van der Waals surface area contributed by atoms with E-state index in [1.165, 1.54) is 17.2 Å². The molecular weight excluding hydrogens is 317 g/mol. The van der Waals surface area contributed by atoms with Gasteiger partial charge in [-0.2, -0.15) is 0 Å². The van der Waals surface area contributed by atoms with Gasteiger partial charge in [-0.1, -0.05) is 0 Å². The van der Waals surface area contributed by atoms with Crippen LogP contribution in [-0.2, 0) is 19.9 Å². The lowest BCUT2D eigenvalue weighted by atomic mass is 10.2. The van der Waals surface area contributed by atoms with Gasteiger partial charge in [0.05, 0.1) is 25.5 Å². The van der Waals surface area contributed by atoms with Crippen LogP contribution in [0.1, 0.15) is 6.42 Å². The second-order valence-electron chi connectivity index (χ2n) is 4.88. The number of aromatic nitrogens is 4. The summed E-state index contributed by atoms with van der Waals surface area (Å²) in [4.78, 5) is 28.7. The molecule has 0 unspecified atom stereocenters. The number of nitrogens with zero attached hydrogens (tertiary/aromatic N) is 3. The maximum Gasteiger partial charge on any atom is 0.351 e. The van der Waals surface area contributed by atoms with Crippen molar-refractivity contribution < 1.29 is 28.9 Å². The fourth-order valence-corrected chi connectivity index (χ4v) is 2.64. The average Bonchev–Trinajstić information content (AvgIpc) is 3.04. The first-order valence-electron chi connectivity index (χ1n) is 6.27. The highest BCUT2D eigenvalue weighted by Gasteiger charge is 2.45. The zero-order valence-corrected chi connectivity index (χ0v) is 12.1. The van der Waals surface area contributed by atoms with E-state index in [0.717, 1.165) is 0 Å². The number of rotatable bonds is 4. The maximum atomic E-state index is 11.1. The van der Waals surface area contributed by atoms with Crippen LogP contribution < -0.4 is 5.49 Å². The van der Waals surface area contributed by atoms with Crippen LogP contribution >= 0.6 is 7.60 Å². The molecule has 3 rings (SSSR count). The maximum absolute atomic E-state index is 11.1. The Bertz CT molecular complexity index is 798. The fraction of sp³-hybridized carbons (Fsp3) is 0.500. The molecule has 1 fully saturated rings. The number of H-pyrrole nitrogens is 1. The van der Waals surface area contributed by atoms with E-state index in [0.29, 0.717) is 11.2 Å². The number of hydrogen-bond acceptors (Lipinski definition) is 7. The van der Waals surface area contributed by atoms with Gasteiger partial charge < -0.3 is 29.4 Å². The summed E-state index contributed by atoms with van der Waals surface area (Å²) in [5.41, 5.74) is 0.527. The van der Waals surface area contributed by atoms with Gasteiger partial charge >= 0.3 is 7.60 Å². The van der Waals surface area contributed by atoms with Gasteiger partial charge in [-0.3, -0.25) is 14.5 Å². The lowest BCUT2D eigenvalue weighted by Gasteiger charge is -2.30. The summed E-state index contributed by atoms with van der Waals surface area (Å²) in [6.07, 6.45) is 0.704. The zero-order valence-electron chi connectivity index (χ0n) is 11.2. The predicted octanol–water partition coefficient (Wildman–Crippen LogP) is -1.22. The van der Waals surface area contributed by atoms with Gasteiger partial charge in [-0.15, -0.1) is 0 Å². The molecule has 12 heteroatoms. The molecule has 0 spiro atoms. The van der Waals surface area contributed by atoms with Gasteiger partial charge in [0, 0.05) is 0 Å². The van der Waals surface area contributed by atoms with Crippen molar-refractivity contribution in [3.63, 3.8) is 0 Å². The molecule has 1 aliphatic rings. The monoisotopic (exact) mass is 331 g/mol. The predicted molar refractivity (Wildman–Crippen MR) is 70.3 cm³/mol. The fourth-order valence-electron chi connectivity index (χ4n) is 2.27. The second kappa shape index (κ2) is 5.23. The molecule has 120 valence electrons. The minimum absolute atomic E-state index is 0.0887. The number of nitrogens with one attached hydrogen (secondary N) is 2. The summed E-state index contributed by atoms with van der Waals surface area (Å²) in [7, 11) is -4.45. The molecule has 0 aromatic carbocycles. The normalized spacial score (nSPS) is 25.9. The van der Waals surface area contributed by atoms with Gasteiger partial charge in [-0.05, 0) is 0 Å². The van der Waals surface area contributed by atoms with Crippen LogP contribution in [0.5, 0.6) is 0 Å². The van der Waals surface area contributed by atoms with E-state index in [-0.39, 0.29) is 18.5 Å². The topological polar surface area (TPSA) is 167 Å². The molecule has 5 N–H and O–H groups in total. The van der Waals surface area contributed by atoms with Crippen LogP contribution in [0.2, 0.25) is 0 Å². The molecule has 11 nitrogen and oxygen atoms in total. The molecule has 0 amide bonds. The van der Waals surface area contributed by atoms with Gasteiger partial charge in [0.25, 0.3) is 5.91 Å². The first kappa shape index (κ1) is 15.3. The van der Waals surface area contributed by atoms with Crippen molar-refractivity contribution in [2.75, 3.05) is 13.0 Å². The van der Waals surface area contributed by atoms with Crippen LogP contribution in [0.25, 0.3) is 11.2 Å². The SMILES string of the molecule is N=c1c2[nH]cnc2ncn1[C@@]1(OCP(=O)(O)O)C[C@H](O)CO1. The van der Waals surface area contributed by atoms with Crippen molar-refractivity contribution in [3.05, 3.63) is 18.1 Å². The summed E-state index contributed by atoms with van der Waals surface area (Å²) in [6.45, 7) is -0.0887. The Morgan fingerprint density at radius 3 is 3.00 bits per heavy atom. The number of aliphatic hydroxyl groups is 1. The Kier molecular flexibility index (Phi) is 3.63. The smallest absolute Gasteiger partial charge is 0.351 e. The largest absolute Gasteiger partial charge is 0.390 e. The Balaban J connectivity index is 2.06. The molecule has 2 aromatic rings. The van der Waals surface area contributed by atoms with E-state index < -0.39 is 26.0 Å². The van der Waals surface area contributed by atoms with Gasteiger partial charge in [0.2, 0.25) is 0 Å². The molecule has 0 radical (unpaired) electrons. The zero-order chi connectivity index (χ0) is 16.0. The number of aliphatic hydroxyl groups excluding tert-OH is 1. The van der Waals surface area contributed by atoms with Crippen molar-refractivity contribution in [3.8, 4) is 0 Å². The van der Waals surface area contributed by atoms with E-state index in [1.807, 2.05) is 0 Å². The van der Waals surface area contributed by atoms with E-state index in [4.69, 9.17) is 24.7 Å². The highest BCUT2D eigenvalue weighted by Crippen LogP contribution is 2.40. The standard InChI is InChI=1S/C10H14N5O6P/c11-8-7-9(13-3-12-7)14-4-15(8)10(1-6(16)2-20-10)21-5-22(17,18)19/h3-4,6,11,16H,1-2,5H2,(H,12,13)(H2,17,18,19)/t6-,10-/m0/s1. The lowest BCUT2D eigenvalue weighted by Crippen LogP contribution is -2.43. The average molecular weight is 331 g/mol. The highest BCUT2D eigenvalue weighted by atomic mass is 31.2. The Morgan fingerprint density at radius 1 is 1.59 bits per heavy atom. The summed E-state index contributed by atoms with van der Waals surface area (Å²) in [5, 5.41) is 17.9. The van der Waals surface area contributed by atoms with Gasteiger partial charge in [-0.25, -0.2) is 9.97 Å². The minimum Gasteiger partial charge on any atom is -0.390 e. The Labute approximate surface area is 123 Å². The van der Waals surface area contributed by atoms with Crippen molar-refractivity contribution in [2.24, 2.45) is 0 Å². The molecule has 1 saturated heterocycles. The van der Waals surface area contributed by atoms with Crippen molar-refractivity contribution in [1.29, 1.82) is 5.41 Å². The van der Waals surface area contributed by atoms with Crippen LogP contribution in [-0.4, -0.2) is 53.5 Å². The first-order chi connectivity index (χ1) is 10.3. The summed E-state index contributed by atoms with van der Waals surface area (Å²) < 4.78 is 22.9. The third kappa shape index (κ3) is 2.70. The van der Waals surface area contributed by atoms with Crippen LogP contribution in [0.3, 0.4) is 0 Å². The number of ether oxygens (including phenoxy) is 2. The van der Waals surface area contributed by atoms with E-state index in [2.05, 4.69) is 15.0 Å². The highest BCUT2D eigenvalue weighted by molar-refractivity contribution is 7.51. The molecule has 1 aliphatic heterocycles. The lowest BCUT2D eigenvalue weighted by molar-refractivity contribution is -0.263. The molecule has 2 aromatic heterocycles. The Morgan fingerprint density at radius 2 is 2.36 bits per heavy atom. The third-order valence-corrected chi connectivity index (χ3v) is 3.68. The number of aromatic amines is 1. The summed E-state index contributed by atoms with van der Waals surface area (Å²) in [6, 6.07) is 0. The van der Waals surface area contributed by atoms with Crippen molar-refractivity contribution in [1.82, 2.24) is 19.5 Å². The van der Waals surface area contributed by atoms with Crippen LogP contribution in [0, 0.1) is 5.41 Å². The van der Waals surface area contributed by atoms with Gasteiger partial charge in [0.1, 0.15) is 11.8 Å². The number of fused-ring (bicyclic) bond motifs is 1. The Hall–Kier alpha value is -1.62. The van der Waals surface area contributed by atoms with Crippen LogP contribution in [0.15, 0.2) is 12.7 Å². The summed E-state index contributed by atoms with van der Waals surface area (Å²) >= 11 is 0. The number of imidazole rings is 1. The number of hydrogen-bond donors (Lipinski definition) is 5. The molecular formula is C10H14N5O6P. The quantitative estimate of drug-likeness (QED) is 0.435. The van der Waals surface area contributed by atoms with Crippen molar-refractivity contribution >= 4 is 18.8 Å². The molecule has 2 atom stereocenters. The van der Waals surface area contributed by atoms with E-state index >= 15 is 0 Å². The minimum atomic E-state index is -4.45. The molecule has 0 bridgehead atoms. The first-order valence-corrected chi connectivity index (χ1v) is 8.07. The van der Waals surface area contributed by atoms with Crippen LogP contribution in [0.4, 0.5) is 0 Å². The molecule has 0 saturated carbocycles. The molecule has 3 heterocycles. The van der Waals surface area contributed by atoms with E-state index in [1.54, 1.807) is 0 Å². The van der Waals surface area contributed by atoms with Crippen molar-refractivity contribution in [2.45, 2.75) is 18.4 Å².